The average Bonchev–Trinajstić information content (AvgIpc) is 3.17. The molecule has 0 atom stereocenters. The molecule has 1 aliphatic heterocycles. The molecule has 0 unspecified atom stereocenters. The summed E-state index contributed by atoms with van der Waals surface area (Å²) >= 11 is 1.14. The Labute approximate surface area is 151 Å². The van der Waals surface area contributed by atoms with Crippen molar-refractivity contribution in [2.24, 2.45) is 0 Å². The highest BCUT2D eigenvalue weighted by Crippen LogP contribution is 2.28. The maximum atomic E-state index is 12.4. The van der Waals surface area contributed by atoms with Crippen molar-refractivity contribution in [3.05, 3.63) is 41.8 Å². The third-order valence-corrected chi connectivity index (χ3v) is 7.26. The quantitative estimate of drug-likeness (QED) is 0.792. The molecule has 2 aromatic rings. The summed E-state index contributed by atoms with van der Waals surface area (Å²) < 4.78 is 30.1. The zero-order chi connectivity index (χ0) is 17.9. The number of sulfone groups is 1. The number of benzene rings is 1. The SMILES string of the molecule is COc1ccccc1N1CCN(C(=O)CS(=O)(=O)c2cccs2)CC1. The molecule has 1 aromatic carbocycles. The van der Waals surface area contributed by atoms with Gasteiger partial charge in [0.1, 0.15) is 15.7 Å². The number of para-hydroxylation sites is 2. The van der Waals surface area contributed by atoms with Crippen LogP contribution in [0.3, 0.4) is 0 Å². The van der Waals surface area contributed by atoms with Crippen LogP contribution in [0.5, 0.6) is 5.75 Å². The number of ether oxygens (including phenoxy) is 1. The van der Waals surface area contributed by atoms with Gasteiger partial charge in [0.25, 0.3) is 0 Å². The van der Waals surface area contributed by atoms with Crippen LogP contribution in [0.2, 0.25) is 0 Å². The molecule has 0 saturated carbocycles. The van der Waals surface area contributed by atoms with Gasteiger partial charge in [0.15, 0.2) is 9.84 Å². The van der Waals surface area contributed by atoms with Crippen molar-refractivity contribution < 1.29 is 17.9 Å². The summed E-state index contributed by atoms with van der Waals surface area (Å²) in [6.07, 6.45) is 0. The molecule has 8 heteroatoms. The third-order valence-electron chi connectivity index (χ3n) is 4.17. The molecule has 1 aromatic heterocycles. The molecule has 1 amide bonds. The normalized spacial score (nSPS) is 15.2. The first-order valence-corrected chi connectivity index (χ1v) is 10.5. The van der Waals surface area contributed by atoms with Gasteiger partial charge in [-0.1, -0.05) is 18.2 Å². The molecule has 0 aliphatic carbocycles. The van der Waals surface area contributed by atoms with Crippen LogP contribution < -0.4 is 9.64 Å². The number of rotatable bonds is 5. The fourth-order valence-electron chi connectivity index (χ4n) is 2.85. The highest BCUT2D eigenvalue weighted by atomic mass is 32.2. The molecule has 0 N–H and O–H groups in total. The van der Waals surface area contributed by atoms with Crippen LogP contribution in [0.25, 0.3) is 0 Å². The van der Waals surface area contributed by atoms with Gasteiger partial charge in [0.05, 0.1) is 12.8 Å². The Hall–Kier alpha value is -2.06. The summed E-state index contributed by atoms with van der Waals surface area (Å²) in [4.78, 5) is 16.2. The minimum atomic E-state index is -3.55. The maximum Gasteiger partial charge on any atom is 0.238 e. The first-order chi connectivity index (χ1) is 12.0. The van der Waals surface area contributed by atoms with Crippen molar-refractivity contribution in [1.82, 2.24) is 4.90 Å². The number of hydrogen-bond acceptors (Lipinski definition) is 6. The van der Waals surface area contributed by atoms with E-state index in [0.29, 0.717) is 26.2 Å². The number of methoxy groups -OCH3 is 1. The van der Waals surface area contributed by atoms with Crippen LogP contribution in [0.4, 0.5) is 5.69 Å². The molecule has 3 rings (SSSR count). The van der Waals surface area contributed by atoms with Crippen molar-refractivity contribution in [1.29, 1.82) is 0 Å². The van der Waals surface area contributed by atoms with E-state index >= 15 is 0 Å². The van der Waals surface area contributed by atoms with Gasteiger partial charge in [-0.3, -0.25) is 4.79 Å². The number of amides is 1. The fraction of sp³-hybridized carbons (Fsp3) is 0.353. The minimum Gasteiger partial charge on any atom is -0.495 e. The lowest BCUT2D eigenvalue weighted by atomic mass is 10.2. The third kappa shape index (κ3) is 3.96. The van der Waals surface area contributed by atoms with Crippen LogP contribution in [-0.2, 0) is 14.6 Å². The molecular formula is C17H20N2O4S2. The van der Waals surface area contributed by atoms with Crippen LogP contribution in [0, 0.1) is 0 Å². The van der Waals surface area contributed by atoms with E-state index in [1.165, 1.54) is 6.07 Å². The highest BCUT2D eigenvalue weighted by molar-refractivity contribution is 7.94. The average molecular weight is 380 g/mol. The number of thiophene rings is 1. The zero-order valence-electron chi connectivity index (χ0n) is 13.9. The monoisotopic (exact) mass is 380 g/mol. The van der Waals surface area contributed by atoms with Gasteiger partial charge >= 0.3 is 0 Å². The van der Waals surface area contributed by atoms with E-state index in [0.717, 1.165) is 22.8 Å². The second-order valence-corrected chi connectivity index (χ2v) is 8.89. The Kier molecular flexibility index (Phi) is 5.29. The number of piperazine rings is 1. The maximum absolute atomic E-state index is 12.4. The van der Waals surface area contributed by atoms with E-state index in [-0.39, 0.29) is 10.1 Å². The second kappa shape index (κ2) is 7.45. The van der Waals surface area contributed by atoms with Crippen molar-refractivity contribution >= 4 is 32.8 Å². The summed E-state index contributed by atoms with van der Waals surface area (Å²) in [5.41, 5.74) is 0.989. The standard InChI is InChI=1S/C17H20N2O4S2/c1-23-15-6-3-2-5-14(15)18-8-10-19(11-9-18)16(20)13-25(21,22)17-7-4-12-24-17/h2-7,12H,8-11,13H2,1H3. The van der Waals surface area contributed by atoms with Gasteiger partial charge in [0, 0.05) is 26.2 Å². The zero-order valence-corrected chi connectivity index (χ0v) is 15.6. The van der Waals surface area contributed by atoms with Gasteiger partial charge < -0.3 is 14.5 Å². The van der Waals surface area contributed by atoms with Crippen LogP contribution in [0.1, 0.15) is 0 Å². The lowest BCUT2D eigenvalue weighted by Crippen LogP contribution is -2.50. The number of carbonyl (C=O) groups is 1. The summed E-state index contributed by atoms with van der Waals surface area (Å²) in [6, 6.07) is 11.0. The van der Waals surface area contributed by atoms with E-state index in [9.17, 15) is 13.2 Å². The molecule has 1 fully saturated rings. The molecule has 0 spiro atoms. The van der Waals surface area contributed by atoms with E-state index in [4.69, 9.17) is 4.74 Å². The molecule has 0 bridgehead atoms. The Bertz CT molecular complexity index is 826. The largest absolute Gasteiger partial charge is 0.495 e. The first kappa shape index (κ1) is 17.8. The Balaban J connectivity index is 1.61. The van der Waals surface area contributed by atoms with E-state index in [1.54, 1.807) is 23.5 Å². The Morgan fingerprint density at radius 2 is 1.84 bits per heavy atom. The Morgan fingerprint density at radius 3 is 2.48 bits per heavy atom. The van der Waals surface area contributed by atoms with E-state index in [2.05, 4.69) is 4.90 Å². The summed E-state index contributed by atoms with van der Waals surface area (Å²) in [5, 5.41) is 1.70. The van der Waals surface area contributed by atoms with Gasteiger partial charge in [-0.05, 0) is 23.6 Å². The molecular weight excluding hydrogens is 360 g/mol. The van der Waals surface area contributed by atoms with Crippen molar-refractivity contribution in [3.8, 4) is 5.75 Å². The lowest BCUT2D eigenvalue weighted by Gasteiger charge is -2.36. The molecule has 0 radical (unpaired) electrons. The van der Waals surface area contributed by atoms with Crippen LogP contribution in [0.15, 0.2) is 46.0 Å². The molecule has 2 heterocycles. The van der Waals surface area contributed by atoms with Crippen LogP contribution >= 0.6 is 11.3 Å². The summed E-state index contributed by atoms with van der Waals surface area (Å²) in [7, 11) is -1.92. The van der Waals surface area contributed by atoms with Gasteiger partial charge in [-0.25, -0.2) is 8.42 Å². The second-order valence-electron chi connectivity index (χ2n) is 5.73. The van der Waals surface area contributed by atoms with Gasteiger partial charge in [-0.15, -0.1) is 11.3 Å². The van der Waals surface area contributed by atoms with Gasteiger partial charge in [0.2, 0.25) is 5.91 Å². The minimum absolute atomic E-state index is 0.244. The van der Waals surface area contributed by atoms with E-state index in [1.807, 2.05) is 24.3 Å². The topological polar surface area (TPSA) is 66.9 Å². The molecule has 1 aliphatic rings. The van der Waals surface area contributed by atoms with Crippen molar-refractivity contribution in [3.63, 3.8) is 0 Å². The molecule has 6 nitrogen and oxygen atoms in total. The molecule has 25 heavy (non-hydrogen) atoms. The van der Waals surface area contributed by atoms with Crippen molar-refractivity contribution in [2.45, 2.75) is 4.21 Å². The number of nitrogens with zero attached hydrogens (tertiary/aromatic N) is 2. The number of hydrogen-bond donors (Lipinski definition) is 0. The predicted octanol–water partition coefficient (Wildman–Crippen LogP) is 1.88. The van der Waals surface area contributed by atoms with E-state index < -0.39 is 15.6 Å². The molecule has 1 saturated heterocycles. The predicted molar refractivity (Wildman–Crippen MR) is 98.2 cm³/mol. The van der Waals surface area contributed by atoms with Crippen LogP contribution in [-0.4, -0.2) is 58.3 Å². The van der Waals surface area contributed by atoms with Gasteiger partial charge in [-0.2, -0.15) is 0 Å². The molecule has 134 valence electrons. The number of carbonyl (C=O) groups excluding carboxylic acids is 1. The first-order valence-electron chi connectivity index (χ1n) is 7.93. The number of anilines is 1. The summed E-state index contributed by atoms with van der Waals surface area (Å²) in [5.74, 6) is -0.0158. The Morgan fingerprint density at radius 1 is 1.12 bits per heavy atom. The highest BCUT2D eigenvalue weighted by Gasteiger charge is 2.27. The van der Waals surface area contributed by atoms with Crippen molar-refractivity contribution in [2.75, 3.05) is 43.9 Å². The fourth-order valence-corrected chi connectivity index (χ4v) is 5.17. The summed E-state index contributed by atoms with van der Waals surface area (Å²) in [6.45, 7) is 2.28. The lowest BCUT2D eigenvalue weighted by molar-refractivity contribution is -0.128. The smallest absolute Gasteiger partial charge is 0.238 e.